The van der Waals surface area contributed by atoms with Crippen LogP contribution >= 0.6 is 0 Å². The summed E-state index contributed by atoms with van der Waals surface area (Å²) in [6.45, 7) is 0.0788. The van der Waals surface area contributed by atoms with Crippen molar-refractivity contribution in [1.82, 2.24) is 5.32 Å². The van der Waals surface area contributed by atoms with Gasteiger partial charge in [-0.05, 0) is 24.3 Å². The fourth-order valence-electron chi connectivity index (χ4n) is 3.60. The summed E-state index contributed by atoms with van der Waals surface area (Å²) in [4.78, 5) is 25.8. The van der Waals surface area contributed by atoms with Crippen molar-refractivity contribution in [2.45, 2.75) is 37.0 Å². The number of halogens is 3. The first-order chi connectivity index (χ1) is 15.3. The zero-order valence-corrected chi connectivity index (χ0v) is 16.9. The third kappa shape index (κ3) is 4.53. The highest BCUT2D eigenvalue weighted by Crippen LogP contribution is 2.33. The SMILES string of the molecule is CO[C@H]1O[C@@H]2CO[C@@H](c3ccccc3)O[C@H]2C(=O)[C@H]1NC(=O)c1ccc(C(F)(F)F)cc1. The second kappa shape index (κ2) is 8.99. The van der Waals surface area contributed by atoms with Gasteiger partial charge in [0, 0.05) is 18.2 Å². The lowest BCUT2D eigenvalue weighted by atomic mass is 9.97. The Kier molecular flexibility index (Phi) is 6.29. The van der Waals surface area contributed by atoms with Gasteiger partial charge in [-0.25, -0.2) is 0 Å². The second-order valence-electron chi connectivity index (χ2n) is 7.34. The molecular weight excluding hydrogens is 431 g/mol. The molecule has 2 aliphatic heterocycles. The van der Waals surface area contributed by atoms with E-state index in [0.717, 1.165) is 29.8 Å². The van der Waals surface area contributed by atoms with Crippen LogP contribution in [0.3, 0.4) is 0 Å². The summed E-state index contributed by atoms with van der Waals surface area (Å²) in [5.41, 5.74) is -0.206. The molecule has 1 amide bonds. The van der Waals surface area contributed by atoms with E-state index in [1.54, 1.807) is 24.3 Å². The molecule has 2 saturated heterocycles. The van der Waals surface area contributed by atoms with Crippen LogP contribution in [0, 0.1) is 0 Å². The molecule has 0 bridgehead atoms. The number of ketones is 1. The van der Waals surface area contributed by atoms with Crippen LogP contribution in [-0.2, 0) is 29.9 Å². The summed E-state index contributed by atoms with van der Waals surface area (Å²) < 4.78 is 60.7. The van der Waals surface area contributed by atoms with Gasteiger partial charge in [-0.1, -0.05) is 30.3 Å². The van der Waals surface area contributed by atoms with Gasteiger partial charge in [0.2, 0.25) is 0 Å². The summed E-state index contributed by atoms with van der Waals surface area (Å²) in [5, 5.41) is 2.49. The van der Waals surface area contributed by atoms with Crippen LogP contribution in [-0.4, -0.2) is 49.9 Å². The molecule has 2 aromatic carbocycles. The van der Waals surface area contributed by atoms with Crippen LogP contribution in [0.2, 0.25) is 0 Å². The number of nitrogens with one attached hydrogen (secondary N) is 1. The highest BCUT2D eigenvalue weighted by molar-refractivity contribution is 5.99. The number of hydrogen-bond donors (Lipinski definition) is 1. The maximum Gasteiger partial charge on any atom is 0.416 e. The van der Waals surface area contributed by atoms with Crippen molar-refractivity contribution in [2.75, 3.05) is 13.7 Å². The number of benzene rings is 2. The predicted octanol–water partition coefficient (Wildman–Crippen LogP) is 2.86. The van der Waals surface area contributed by atoms with Gasteiger partial charge >= 0.3 is 6.18 Å². The van der Waals surface area contributed by atoms with Crippen LogP contribution in [0.1, 0.15) is 27.8 Å². The van der Waals surface area contributed by atoms with Crippen molar-refractivity contribution >= 4 is 11.7 Å². The number of hydrogen-bond acceptors (Lipinski definition) is 6. The number of rotatable bonds is 4. The van der Waals surface area contributed by atoms with Crippen LogP contribution in [0.25, 0.3) is 0 Å². The van der Waals surface area contributed by atoms with Gasteiger partial charge in [-0.2, -0.15) is 13.2 Å². The lowest BCUT2D eigenvalue weighted by Crippen LogP contribution is -2.64. The highest BCUT2D eigenvalue weighted by atomic mass is 19.4. The molecule has 7 nitrogen and oxygen atoms in total. The smallest absolute Gasteiger partial charge is 0.353 e. The summed E-state index contributed by atoms with van der Waals surface area (Å²) >= 11 is 0. The van der Waals surface area contributed by atoms with E-state index in [0.29, 0.717) is 0 Å². The maximum absolute atomic E-state index is 13.2. The van der Waals surface area contributed by atoms with Crippen molar-refractivity contribution in [3.8, 4) is 0 Å². The largest absolute Gasteiger partial charge is 0.416 e. The summed E-state index contributed by atoms with van der Waals surface area (Å²) in [7, 11) is 1.31. The van der Waals surface area contributed by atoms with Gasteiger partial charge in [-0.15, -0.1) is 0 Å². The molecule has 0 aliphatic carbocycles. The summed E-state index contributed by atoms with van der Waals surface area (Å²) in [5.74, 6) is -1.22. The topological polar surface area (TPSA) is 83.1 Å². The van der Waals surface area contributed by atoms with Crippen LogP contribution in [0.15, 0.2) is 54.6 Å². The van der Waals surface area contributed by atoms with Gasteiger partial charge in [0.05, 0.1) is 12.2 Å². The fraction of sp³-hybridized carbons (Fsp3) is 0.364. The number of alkyl halides is 3. The number of Topliss-reactive ketones (excluding diaryl/α,β-unsaturated/α-hetero) is 1. The van der Waals surface area contributed by atoms with Crippen molar-refractivity contribution in [3.05, 3.63) is 71.3 Å². The quantitative estimate of drug-likeness (QED) is 0.770. The third-order valence-electron chi connectivity index (χ3n) is 5.25. The number of methoxy groups -OCH3 is 1. The van der Waals surface area contributed by atoms with Crippen molar-refractivity contribution in [1.29, 1.82) is 0 Å². The van der Waals surface area contributed by atoms with E-state index in [9.17, 15) is 22.8 Å². The van der Waals surface area contributed by atoms with Crippen molar-refractivity contribution < 1.29 is 41.7 Å². The van der Waals surface area contributed by atoms with E-state index in [1.165, 1.54) is 7.11 Å². The van der Waals surface area contributed by atoms with Crippen molar-refractivity contribution in [3.63, 3.8) is 0 Å². The standard InChI is InChI=1S/C22H20F3NO6/c1-29-21-16(26-19(28)12-7-9-14(10-8-12)22(23,24)25)17(27)18-15(31-21)11-30-20(32-18)13-5-3-2-4-6-13/h2-10,15-16,18,20-21H,11H2,1H3,(H,26,28)/t15-,16-,18-,20-,21+/m1/s1. The number of amides is 1. The lowest BCUT2D eigenvalue weighted by molar-refractivity contribution is -0.302. The Morgan fingerprint density at radius 2 is 1.75 bits per heavy atom. The van der Waals surface area contributed by atoms with Gasteiger partial charge < -0.3 is 24.3 Å². The average molecular weight is 451 g/mol. The molecule has 4 rings (SSSR count). The third-order valence-corrected chi connectivity index (χ3v) is 5.25. The van der Waals surface area contributed by atoms with Gasteiger partial charge in [0.15, 0.2) is 18.4 Å². The number of ether oxygens (including phenoxy) is 4. The van der Waals surface area contributed by atoms with Gasteiger partial charge in [0.1, 0.15) is 18.2 Å². The molecule has 1 N–H and O–H groups in total. The molecule has 0 radical (unpaired) electrons. The van der Waals surface area contributed by atoms with Gasteiger partial charge in [0.25, 0.3) is 5.91 Å². The number of fused-ring (bicyclic) bond motifs is 1. The van der Waals surface area contributed by atoms with E-state index < -0.39 is 54.3 Å². The first-order valence-electron chi connectivity index (χ1n) is 9.80. The summed E-state index contributed by atoms with van der Waals surface area (Å²) in [6.07, 6.45) is -8.16. The fourth-order valence-corrected chi connectivity index (χ4v) is 3.60. The van der Waals surface area contributed by atoms with Crippen molar-refractivity contribution in [2.24, 2.45) is 0 Å². The molecular formula is C22H20F3NO6. The minimum atomic E-state index is -4.52. The molecule has 2 heterocycles. The highest BCUT2D eigenvalue weighted by Gasteiger charge is 2.50. The minimum Gasteiger partial charge on any atom is -0.353 e. The Morgan fingerprint density at radius 3 is 2.38 bits per heavy atom. The van der Waals surface area contributed by atoms with Gasteiger partial charge in [-0.3, -0.25) is 9.59 Å². The molecule has 2 aliphatic rings. The monoisotopic (exact) mass is 451 g/mol. The molecule has 0 spiro atoms. The average Bonchev–Trinajstić information content (AvgIpc) is 2.80. The normalized spacial score (nSPS) is 28.1. The first kappa shape index (κ1) is 22.4. The molecule has 2 aromatic rings. The van der Waals surface area contributed by atoms with E-state index in [-0.39, 0.29) is 12.2 Å². The zero-order chi connectivity index (χ0) is 22.9. The Hall–Kier alpha value is -2.79. The van der Waals surface area contributed by atoms with E-state index in [2.05, 4.69) is 5.32 Å². The molecule has 5 atom stereocenters. The van der Waals surface area contributed by atoms with Crippen LogP contribution in [0.4, 0.5) is 13.2 Å². The Balaban J connectivity index is 1.49. The molecule has 0 unspecified atom stereocenters. The van der Waals surface area contributed by atoms with Crippen LogP contribution in [0.5, 0.6) is 0 Å². The maximum atomic E-state index is 13.2. The first-order valence-corrected chi connectivity index (χ1v) is 9.80. The molecule has 2 fully saturated rings. The van der Waals surface area contributed by atoms with Crippen LogP contribution < -0.4 is 5.32 Å². The molecule has 0 saturated carbocycles. The number of carbonyl (C=O) groups excluding carboxylic acids is 2. The van der Waals surface area contributed by atoms with E-state index >= 15 is 0 Å². The molecule has 10 heteroatoms. The molecule has 32 heavy (non-hydrogen) atoms. The zero-order valence-electron chi connectivity index (χ0n) is 16.9. The molecule has 170 valence electrons. The van der Waals surface area contributed by atoms with E-state index in [1.807, 2.05) is 6.07 Å². The Morgan fingerprint density at radius 1 is 1.06 bits per heavy atom. The van der Waals surface area contributed by atoms with E-state index in [4.69, 9.17) is 18.9 Å². The lowest BCUT2D eigenvalue weighted by Gasteiger charge is -2.43. The summed E-state index contributed by atoms with van der Waals surface area (Å²) in [6, 6.07) is 11.5. The minimum absolute atomic E-state index is 0.0437. The molecule has 0 aromatic heterocycles. The predicted molar refractivity (Wildman–Crippen MR) is 103 cm³/mol. The Labute approximate surface area is 181 Å². The Bertz CT molecular complexity index is 966. The second-order valence-corrected chi connectivity index (χ2v) is 7.34. The number of carbonyl (C=O) groups is 2.